The molecule has 0 aliphatic carbocycles. The van der Waals surface area contributed by atoms with Crippen LogP contribution in [-0.2, 0) is 9.59 Å². The summed E-state index contributed by atoms with van der Waals surface area (Å²) in [4.78, 5) is 21.8. The number of carbonyl (C=O) groups excluding carboxylic acids is 2. The fraction of sp³-hybridized carbons (Fsp3) is 0.800. The molecule has 0 amide bonds. The first kappa shape index (κ1) is 12.6. The van der Waals surface area contributed by atoms with E-state index in [0.29, 0.717) is 6.42 Å². The van der Waals surface area contributed by atoms with E-state index in [4.69, 9.17) is 11.6 Å². The summed E-state index contributed by atoms with van der Waals surface area (Å²) in [6, 6.07) is 0. The summed E-state index contributed by atoms with van der Waals surface area (Å²) in [6.45, 7) is 4.02. The molecule has 1 atom stereocenters. The molecule has 0 aliphatic rings. The molecule has 0 saturated carbocycles. The Kier molecular flexibility index (Phi) is 6.87. The van der Waals surface area contributed by atoms with Crippen LogP contribution in [0, 0.1) is 5.92 Å². The molecule has 76 valence electrons. The van der Waals surface area contributed by atoms with Crippen molar-refractivity contribution in [2.75, 3.05) is 0 Å². The Labute approximate surface area is 84.7 Å². The Bertz CT molecular complexity index is 178. The van der Waals surface area contributed by atoms with E-state index >= 15 is 0 Å². The van der Waals surface area contributed by atoms with Crippen LogP contribution in [0.1, 0.15) is 46.0 Å². The predicted molar refractivity (Wildman–Crippen MR) is 53.8 cm³/mol. The van der Waals surface area contributed by atoms with Crippen molar-refractivity contribution in [1.29, 1.82) is 0 Å². The Morgan fingerprint density at radius 1 is 1.23 bits per heavy atom. The maximum atomic E-state index is 11.2. The van der Waals surface area contributed by atoms with Gasteiger partial charge in [-0.15, -0.1) is 0 Å². The maximum Gasteiger partial charge on any atom is 0.288 e. The molecule has 13 heavy (non-hydrogen) atoms. The third-order valence-electron chi connectivity index (χ3n) is 2.21. The highest BCUT2D eigenvalue weighted by Gasteiger charge is 2.21. The van der Waals surface area contributed by atoms with Crippen molar-refractivity contribution >= 4 is 22.6 Å². The Hall–Kier alpha value is -0.370. The topological polar surface area (TPSA) is 34.1 Å². The second-order valence-corrected chi connectivity index (χ2v) is 3.58. The Morgan fingerprint density at radius 2 is 1.85 bits per heavy atom. The van der Waals surface area contributed by atoms with Gasteiger partial charge in [0.15, 0.2) is 0 Å². The monoisotopic (exact) mass is 204 g/mol. The van der Waals surface area contributed by atoms with Crippen molar-refractivity contribution in [2.24, 2.45) is 5.92 Å². The van der Waals surface area contributed by atoms with Gasteiger partial charge in [0, 0.05) is 5.92 Å². The van der Waals surface area contributed by atoms with Gasteiger partial charge in [-0.3, -0.25) is 9.59 Å². The molecule has 0 saturated heterocycles. The maximum absolute atomic E-state index is 11.2. The van der Waals surface area contributed by atoms with E-state index in [1.54, 1.807) is 0 Å². The van der Waals surface area contributed by atoms with Crippen molar-refractivity contribution in [3.05, 3.63) is 0 Å². The number of hydrogen-bond donors (Lipinski definition) is 0. The van der Waals surface area contributed by atoms with Crippen molar-refractivity contribution in [3.8, 4) is 0 Å². The SMILES string of the molecule is CCCCCC(CC)C(=O)C(=O)Cl. The number of hydrogen-bond acceptors (Lipinski definition) is 2. The molecular weight excluding hydrogens is 188 g/mol. The molecule has 0 heterocycles. The van der Waals surface area contributed by atoms with Crippen molar-refractivity contribution < 1.29 is 9.59 Å². The normalized spacial score (nSPS) is 12.5. The first-order valence-electron chi connectivity index (χ1n) is 4.87. The van der Waals surface area contributed by atoms with Crippen LogP contribution >= 0.6 is 11.6 Å². The Morgan fingerprint density at radius 3 is 2.23 bits per heavy atom. The van der Waals surface area contributed by atoms with Crippen molar-refractivity contribution in [2.45, 2.75) is 46.0 Å². The zero-order chi connectivity index (χ0) is 10.3. The van der Waals surface area contributed by atoms with E-state index in [0.717, 1.165) is 25.7 Å². The lowest BCUT2D eigenvalue weighted by Crippen LogP contribution is -2.19. The fourth-order valence-corrected chi connectivity index (χ4v) is 1.48. The highest BCUT2D eigenvalue weighted by atomic mass is 35.5. The molecule has 0 spiro atoms. The quantitative estimate of drug-likeness (QED) is 0.363. The highest BCUT2D eigenvalue weighted by Crippen LogP contribution is 2.15. The first-order chi connectivity index (χ1) is 6.13. The van der Waals surface area contributed by atoms with Crippen LogP contribution in [0.25, 0.3) is 0 Å². The van der Waals surface area contributed by atoms with Gasteiger partial charge in [0.2, 0.25) is 5.78 Å². The molecule has 2 nitrogen and oxygen atoms in total. The molecule has 0 aromatic heterocycles. The standard InChI is InChI=1S/C10H17ClO2/c1-3-5-6-7-8(4-2)9(12)10(11)13/h8H,3-7H2,1-2H3. The van der Waals surface area contributed by atoms with E-state index < -0.39 is 11.0 Å². The van der Waals surface area contributed by atoms with E-state index in [1.807, 2.05) is 6.92 Å². The van der Waals surface area contributed by atoms with Gasteiger partial charge < -0.3 is 0 Å². The number of halogens is 1. The molecule has 0 bridgehead atoms. The van der Waals surface area contributed by atoms with Crippen LogP contribution < -0.4 is 0 Å². The molecule has 0 fully saturated rings. The van der Waals surface area contributed by atoms with Gasteiger partial charge in [-0.05, 0) is 24.4 Å². The molecule has 0 rings (SSSR count). The van der Waals surface area contributed by atoms with E-state index in [2.05, 4.69) is 6.92 Å². The minimum Gasteiger partial charge on any atom is -0.289 e. The predicted octanol–water partition coefficient (Wildman–Crippen LogP) is 2.93. The average Bonchev–Trinajstić information content (AvgIpc) is 2.11. The van der Waals surface area contributed by atoms with Gasteiger partial charge >= 0.3 is 0 Å². The lowest BCUT2D eigenvalue weighted by molar-refractivity contribution is -0.134. The minimum atomic E-state index is -0.816. The molecule has 0 aliphatic heterocycles. The number of carbonyl (C=O) groups is 2. The zero-order valence-electron chi connectivity index (χ0n) is 8.31. The first-order valence-corrected chi connectivity index (χ1v) is 5.24. The number of ketones is 1. The van der Waals surface area contributed by atoms with E-state index in [1.165, 1.54) is 0 Å². The minimum absolute atomic E-state index is 0.156. The largest absolute Gasteiger partial charge is 0.289 e. The van der Waals surface area contributed by atoms with Crippen LogP contribution in [0.2, 0.25) is 0 Å². The van der Waals surface area contributed by atoms with Gasteiger partial charge in [0.1, 0.15) is 0 Å². The molecule has 0 aromatic rings. The van der Waals surface area contributed by atoms with Gasteiger partial charge in [0.05, 0.1) is 0 Å². The van der Waals surface area contributed by atoms with Crippen LogP contribution in [0.5, 0.6) is 0 Å². The number of Topliss-reactive ketones (excluding diaryl/α,β-unsaturated/α-hetero) is 1. The molecular formula is C10H17ClO2. The molecule has 0 aromatic carbocycles. The van der Waals surface area contributed by atoms with Gasteiger partial charge in [-0.25, -0.2) is 0 Å². The second-order valence-electron chi connectivity index (χ2n) is 3.24. The number of rotatable bonds is 7. The Balaban J connectivity index is 3.88. The van der Waals surface area contributed by atoms with Crippen LogP contribution in [0.15, 0.2) is 0 Å². The van der Waals surface area contributed by atoms with E-state index in [-0.39, 0.29) is 5.92 Å². The average molecular weight is 205 g/mol. The lowest BCUT2D eigenvalue weighted by Gasteiger charge is -2.09. The van der Waals surface area contributed by atoms with Crippen molar-refractivity contribution in [1.82, 2.24) is 0 Å². The molecule has 0 radical (unpaired) electrons. The fourth-order valence-electron chi connectivity index (χ4n) is 1.32. The summed E-state index contributed by atoms with van der Waals surface area (Å²) < 4.78 is 0. The zero-order valence-corrected chi connectivity index (χ0v) is 9.06. The summed E-state index contributed by atoms with van der Waals surface area (Å²) in [5.74, 6) is -0.572. The van der Waals surface area contributed by atoms with Gasteiger partial charge in [-0.1, -0.05) is 33.1 Å². The van der Waals surface area contributed by atoms with Crippen molar-refractivity contribution in [3.63, 3.8) is 0 Å². The summed E-state index contributed by atoms with van der Waals surface area (Å²) in [5.41, 5.74) is 0. The summed E-state index contributed by atoms with van der Waals surface area (Å²) >= 11 is 5.13. The molecule has 0 N–H and O–H groups in total. The number of unbranched alkanes of at least 4 members (excludes halogenated alkanes) is 2. The summed E-state index contributed by atoms with van der Waals surface area (Å²) in [6.07, 6.45) is 4.74. The summed E-state index contributed by atoms with van der Waals surface area (Å²) in [5, 5.41) is -0.816. The third kappa shape index (κ3) is 5.04. The van der Waals surface area contributed by atoms with Gasteiger partial charge in [-0.2, -0.15) is 0 Å². The highest BCUT2D eigenvalue weighted by molar-refractivity contribution is 6.81. The molecule has 1 unspecified atom stereocenters. The van der Waals surface area contributed by atoms with Crippen LogP contribution in [0.4, 0.5) is 0 Å². The van der Waals surface area contributed by atoms with Crippen LogP contribution in [0.3, 0.4) is 0 Å². The van der Waals surface area contributed by atoms with E-state index in [9.17, 15) is 9.59 Å². The lowest BCUT2D eigenvalue weighted by atomic mass is 9.95. The van der Waals surface area contributed by atoms with Crippen LogP contribution in [-0.4, -0.2) is 11.0 Å². The third-order valence-corrected chi connectivity index (χ3v) is 2.40. The molecule has 3 heteroatoms. The van der Waals surface area contributed by atoms with Gasteiger partial charge in [0.25, 0.3) is 5.24 Å². The smallest absolute Gasteiger partial charge is 0.288 e. The summed E-state index contributed by atoms with van der Waals surface area (Å²) in [7, 11) is 0. The second kappa shape index (κ2) is 7.07.